The van der Waals surface area contributed by atoms with Gasteiger partial charge in [0.25, 0.3) is 0 Å². The fourth-order valence-electron chi connectivity index (χ4n) is 2.40. The number of carbonyl (C=O) groups excluding carboxylic acids is 1. The zero-order valence-electron chi connectivity index (χ0n) is 10.9. The third-order valence-corrected chi connectivity index (χ3v) is 5.06. The van der Waals surface area contributed by atoms with Crippen LogP contribution in [0.4, 0.5) is 0 Å². The Morgan fingerprint density at radius 3 is 2.55 bits per heavy atom. The maximum atomic E-state index is 11.9. The Hall–Kier alpha value is -1.14. The van der Waals surface area contributed by atoms with E-state index in [0.29, 0.717) is 12.8 Å². The number of carbonyl (C=O) groups is 2. The normalized spacial score (nSPS) is 18.1. The lowest BCUT2D eigenvalue weighted by Crippen LogP contribution is -2.55. The molecule has 0 atom stereocenters. The standard InChI is InChI=1S/C14H16BrNO3S/c15-11-6-4-10(20-11)5-7-12(17)16-14(13(18)19)8-2-1-3-9-14/h4-7H,1-3,8-9H2,(H,16,17)(H,18,19)/b7-5+. The highest BCUT2D eigenvalue weighted by molar-refractivity contribution is 9.11. The number of nitrogens with one attached hydrogen (secondary N) is 1. The van der Waals surface area contributed by atoms with E-state index < -0.39 is 11.5 Å². The quantitative estimate of drug-likeness (QED) is 0.811. The largest absolute Gasteiger partial charge is 0.480 e. The van der Waals surface area contributed by atoms with E-state index in [4.69, 9.17) is 0 Å². The fourth-order valence-corrected chi connectivity index (χ4v) is 3.73. The van der Waals surface area contributed by atoms with Gasteiger partial charge in [-0.3, -0.25) is 4.79 Å². The first-order valence-electron chi connectivity index (χ1n) is 6.51. The van der Waals surface area contributed by atoms with Crippen LogP contribution in [-0.2, 0) is 9.59 Å². The summed E-state index contributed by atoms with van der Waals surface area (Å²) in [7, 11) is 0. The van der Waals surface area contributed by atoms with Gasteiger partial charge in [0.1, 0.15) is 5.54 Å². The third kappa shape index (κ3) is 3.70. The van der Waals surface area contributed by atoms with Gasteiger partial charge < -0.3 is 10.4 Å². The van der Waals surface area contributed by atoms with Gasteiger partial charge in [-0.1, -0.05) is 19.3 Å². The molecule has 1 aromatic heterocycles. The summed E-state index contributed by atoms with van der Waals surface area (Å²) in [6.07, 6.45) is 6.83. The first-order valence-corrected chi connectivity index (χ1v) is 8.12. The first-order chi connectivity index (χ1) is 9.52. The van der Waals surface area contributed by atoms with Gasteiger partial charge in [-0.2, -0.15) is 0 Å². The highest BCUT2D eigenvalue weighted by Gasteiger charge is 2.40. The molecule has 0 spiro atoms. The van der Waals surface area contributed by atoms with Crippen LogP contribution < -0.4 is 5.32 Å². The molecule has 1 fully saturated rings. The van der Waals surface area contributed by atoms with Gasteiger partial charge in [0.05, 0.1) is 3.79 Å². The molecule has 1 aliphatic rings. The minimum atomic E-state index is -1.09. The van der Waals surface area contributed by atoms with E-state index in [1.54, 1.807) is 6.08 Å². The lowest BCUT2D eigenvalue weighted by Gasteiger charge is -2.33. The van der Waals surface area contributed by atoms with Crippen LogP contribution in [0.2, 0.25) is 0 Å². The summed E-state index contributed by atoms with van der Waals surface area (Å²) in [6, 6.07) is 3.80. The second kappa shape index (κ2) is 6.54. The van der Waals surface area contributed by atoms with Crippen LogP contribution in [0.3, 0.4) is 0 Å². The molecule has 0 saturated heterocycles. The van der Waals surface area contributed by atoms with Crippen molar-refractivity contribution in [3.05, 3.63) is 26.9 Å². The minimum absolute atomic E-state index is 0.348. The van der Waals surface area contributed by atoms with Gasteiger partial charge in [0, 0.05) is 11.0 Å². The number of rotatable bonds is 4. The summed E-state index contributed by atoms with van der Waals surface area (Å²) in [5.74, 6) is -1.28. The number of halogens is 1. The number of aliphatic carboxylic acids is 1. The summed E-state index contributed by atoms with van der Waals surface area (Å²) < 4.78 is 0.992. The topological polar surface area (TPSA) is 66.4 Å². The minimum Gasteiger partial charge on any atom is -0.480 e. The molecule has 0 aromatic carbocycles. The number of hydrogen-bond donors (Lipinski definition) is 2. The average Bonchev–Trinajstić information content (AvgIpc) is 2.83. The number of carboxylic acids is 1. The molecule has 1 amide bonds. The van der Waals surface area contributed by atoms with E-state index in [-0.39, 0.29) is 5.91 Å². The first kappa shape index (κ1) is 15.3. The highest BCUT2D eigenvalue weighted by atomic mass is 79.9. The summed E-state index contributed by atoms with van der Waals surface area (Å²) >= 11 is 4.87. The number of amides is 1. The molecule has 4 nitrogen and oxygen atoms in total. The maximum Gasteiger partial charge on any atom is 0.329 e. The van der Waals surface area contributed by atoms with Gasteiger partial charge >= 0.3 is 5.97 Å². The molecule has 2 N–H and O–H groups in total. The van der Waals surface area contributed by atoms with E-state index in [0.717, 1.165) is 27.9 Å². The summed E-state index contributed by atoms with van der Waals surface area (Å²) in [4.78, 5) is 24.3. The van der Waals surface area contributed by atoms with E-state index in [1.807, 2.05) is 12.1 Å². The molecule has 0 bridgehead atoms. The predicted molar refractivity (Wildman–Crippen MR) is 82.6 cm³/mol. The zero-order chi connectivity index (χ0) is 14.6. The highest BCUT2D eigenvalue weighted by Crippen LogP contribution is 2.28. The van der Waals surface area contributed by atoms with Crippen LogP contribution in [0, 0.1) is 0 Å². The molecule has 0 unspecified atom stereocenters. The maximum absolute atomic E-state index is 11.9. The van der Waals surface area contributed by atoms with E-state index in [2.05, 4.69) is 21.2 Å². The number of thiophene rings is 1. The predicted octanol–water partition coefficient (Wildman–Crippen LogP) is 3.43. The van der Waals surface area contributed by atoms with Gasteiger partial charge in [-0.05, 0) is 47.0 Å². The molecule has 1 heterocycles. The Morgan fingerprint density at radius 2 is 2.00 bits per heavy atom. The van der Waals surface area contributed by atoms with Gasteiger partial charge in [-0.25, -0.2) is 4.79 Å². The Bertz CT molecular complexity index is 532. The summed E-state index contributed by atoms with van der Waals surface area (Å²) in [5.41, 5.74) is -1.09. The second-order valence-corrected chi connectivity index (χ2v) is 7.41. The molecule has 1 aromatic rings. The lowest BCUT2D eigenvalue weighted by atomic mass is 9.81. The number of carboxylic acid groups (broad SMARTS) is 1. The molecule has 6 heteroatoms. The van der Waals surface area contributed by atoms with Crippen molar-refractivity contribution in [2.24, 2.45) is 0 Å². The SMILES string of the molecule is O=C(/C=C/c1ccc(Br)s1)NC1(C(=O)O)CCCCC1. The monoisotopic (exact) mass is 357 g/mol. The van der Waals surface area contributed by atoms with Crippen molar-refractivity contribution >= 4 is 45.2 Å². The van der Waals surface area contributed by atoms with Crippen LogP contribution in [-0.4, -0.2) is 22.5 Å². The van der Waals surface area contributed by atoms with Crippen molar-refractivity contribution < 1.29 is 14.7 Å². The van der Waals surface area contributed by atoms with E-state index in [9.17, 15) is 14.7 Å². The van der Waals surface area contributed by atoms with Crippen molar-refractivity contribution in [3.63, 3.8) is 0 Å². The lowest BCUT2D eigenvalue weighted by molar-refractivity contribution is -0.148. The second-order valence-electron chi connectivity index (χ2n) is 4.91. The molecular formula is C14H16BrNO3S. The number of hydrogen-bond acceptors (Lipinski definition) is 3. The zero-order valence-corrected chi connectivity index (χ0v) is 13.3. The molecule has 1 aliphatic carbocycles. The molecule has 0 radical (unpaired) electrons. The van der Waals surface area contributed by atoms with Crippen molar-refractivity contribution in [1.29, 1.82) is 0 Å². The van der Waals surface area contributed by atoms with Crippen molar-refractivity contribution in [1.82, 2.24) is 5.32 Å². The average molecular weight is 358 g/mol. The van der Waals surface area contributed by atoms with E-state index in [1.165, 1.54) is 17.4 Å². The Kier molecular flexibility index (Phi) is 4.99. The van der Waals surface area contributed by atoms with Gasteiger partial charge in [0.15, 0.2) is 0 Å². The summed E-state index contributed by atoms with van der Waals surface area (Å²) in [6.45, 7) is 0. The smallest absolute Gasteiger partial charge is 0.329 e. The Balaban J connectivity index is 2.01. The van der Waals surface area contributed by atoms with Crippen molar-refractivity contribution in [2.75, 3.05) is 0 Å². The summed E-state index contributed by atoms with van der Waals surface area (Å²) in [5, 5.41) is 12.1. The van der Waals surface area contributed by atoms with Gasteiger partial charge in [-0.15, -0.1) is 11.3 Å². The third-order valence-electron chi connectivity index (χ3n) is 3.47. The van der Waals surface area contributed by atoms with Crippen LogP contribution in [0.25, 0.3) is 6.08 Å². The molecule has 1 saturated carbocycles. The van der Waals surface area contributed by atoms with Gasteiger partial charge in [0.2, 0.25) is 5.91 Å². The Labute approximate surface area is 130 Å². The molecule has 0 aliphatic heterocycles. The van der Waals surface area contributed by atoms with Crippen molar-refractivity contribution in [3.8, 4) is 0 Å². The van der Waals surface area contributed by atoms with E-state index >= 15 is 0 Å². The molecular weight excluding hydrogens is 342 g/mol. The molecule has 20 heavy (non-hydrogen) atoms. The van der Waals surface area contributed by atoms with Crippen molar-refractivity contribution in [2.45, 2.75) is 37.6 Å². The van der Waals surface area contributed by atoms with Crippen LogP contribution in [0.15, 0.2) is 22.0 Å². The van der Waals surface area contributed by atoms with Crippen LogP contribution in [0.1, 0.15) is 37.0 Å². The molecule has 2 rings (SSSR count). The fraction of sp³-hybridized carbons (Fsp3) is 0.429. The Morgan fingerprint density at radius 1 is 1.30 bits per heavy atom. The van der Waals surface area contributed by atoms with Crippen LogP contribution >= 0.6 is 27.3 Å². The van der Waals surface area contributed by atoms with Crippen LogP contribution in [0.5, 0.6) is 0 Å². The molecule has 108 valence electrons.